The smallest absolute Gasteiger partial charge is 0.257 e. The molecule has 0 atom stereocenters. The predicted molar refractivity (Wildman–Crippen MR) is 111 cm³/mol. The van der Waals surface area contributed by atoms with E-state index in [9.17, 15) is 14.4 Å². The predicted octanol–water partition coefficient (Wildman–Crippen LogP) is 1.73. The molecule has 2 aliphatic carbocycles. The highest BCUT2D eigenvalue weighted by Gasteiger charge is 2.43. The second kappa shape index (κ2) is 6.80. The highest BCUT2D eigenvalue weighted by atomic mass is 32.1. The third-order valence-electron chi connectivity index (χ3n) is 6.86. The number of anilines is 1. The standard InChI is InChI=1S/C21H28N4O3S/c1-23-12-16(26)25(10-13-4-5-13)19-17(18(23)27)14-6-9-24(11-15(14)29-19)20(28)21(22)7-2-3-8-21/h13H,2-12,22H2,1H3. The van der Waals surface area contributed by atoms with Gasteiger partial charge in [-0.3, -0.25) is 14.4 Å². The van der Waals surface area contributed by atoms with E-state index in [2.05, 4.69) is 0 Å². The van der Waals surface area contributed by atoms with Crippen molar-refractivity contribution in [2.24, 2.45) is 11.7 Å². The van der Waals surface area contributed by atoms with E-state index in [0.717, 1.165) is 54.0 Å². The van der Waals surface area contributed by atoms with Gasteiger partial charge < -0.3 is 20.4 Å². The first-order chi connectivity index (χ1) is 13.9. The maximum Gasteiger partial charge on any atom is 0.257 e. The minimum absolute atomic E-state index is 0.00936. The zero-order chi connectivity index (χ0) is 20.3. The quantitative estimate of drug-likeness (QED) is 0.813. The number of fused-ring (bicyclic) bond motifs is 3. The number of carbonyl (C=O) groups is 3. The molecule has 2 aliphatic heterocycles. The fourth-order valence-electron chi connectivity index (χ4n) is 4.92. The molecule has 4 aliphatic rings. The van der Waals surface area contributed by atoms with Crippen molar-refractivity contribution in [3.8, 4) is 0 Å². The van der Waals surface area contributed by atoms with Crippen LogP contribution in [0.25, 0.3) is 0 Å². The van der Waals surface area contributed by atoms with Crippen molar-refractivity contribution in [3.05, 3.63) is 16.0 Å². The normalized spacial score (nSPS) is 23.9. The summed E-state index contributed by atoms with van der Waals surface area (Å²) in [5, 5.41) is 0.791. The Bertz CT molecular complexity index is 885. The number of hydrogen-bond acceptors (Lipinski definition) is 5. The highest BCUT2D eigenvalue weighted by Crippen LogP contribution is 2.43. The van der Waals surface area contributed by atoms with E-state index in [4.69, 9.17) is 5.73 Å². The molecule has 5 rings (SSSR count). The van der Waals surface area contributed by atoms with Crippen LogP contribution in [0.4, 0.5) is 5.00 Å². The Morgan fingerprint density at radius 1 is 1.21 bits per heavy atom. The molecule has 0 radical (unpaired) electrons. The molecule has 2 saturated carbocycles. The summed E-state index contributed by atoms with van der Waals surface area (Å²) in [6.45, 7) is 1.90. The summed E-state index contributed by atoms with van der Waals surface area (Å²) in [7, 11) is 1.70. The zero-order valence-electron chi connectivity index (χ0n) is 16.9. The van der Waals surface area contributed by atoms with E-state index in [1.54, 1.807) is 7.05 Å². The molecule has 29 heavy (non-hydrogen) atoms. The number of hydrogen-bond donors (Lipinski definition) is 1. The van der Waals surface area contributed by atoms with E-state index in [1.165, 1.54) is 16.2 Å². The van der Waals surface area contributed by atoms with Gasteiger partial charge in [0.1, 0.15) is 11.5 Å². The van der Waals surface area contributed by atoms with Crippen molar-refractivity contribution in [3.63, 3.8) is 0 Å². The molecule has 1 aromatic rings. The summed E-state index contributed by atoms with van der Waals surface area (Å²) in [4.78, 5) is 45.3. The van der Waals surface area contributed by atoms with Gasteiger partial charge in [0.25, 0.3) is 5.91 Å². The molecular weight excluding hydrogens is 388 g/mol. The molecule has 0 unspecified atom stereocenters. The topological polar surface area (TPSA) is 87.0 Å². The Kier molecular flexibility index (Phi) is 4.47. The molecule has 1 aromatic heterocycles. The summed E-state index contributed by atoms with van der Waals surface area (Å²) >= 11 is 1.52. The van der Waals surface area contributed by atoms with E-state index >= 15 is 0 Å². The van der Waals surface area contributed by atoms with Crippen molar-refractivity contribution < 1.29 is 14.4 Å². The summed E-state index contributed by atoms with van der Waals surface area (Å²) in [5.74, 6) is 0.500. The van der Waals surface area contributed by atoms with Crippen molar-refractivity contribution >= 4 is 34.1 Å². The molecule has 7 nitrogen and oxygen atoms in total. The minimum Gasteiger partial charge on any atom is -0.336 e. The van der Waals surface area contributed by atoms with Gasteiger partial charge in [0.15, 0.2) is 0 Å². The van der Waals surface area contributed by atoms with E-state index in [0.29, 0.717) is 37.5 Å². The van der Waals surface area contributed by atoms with Gasteiger partial charge in [0.05, 0.1) is 17.6 Å². The number of likely N-dealkylation sites (N-methyl/N-ethyl adjacent to an activating group) is 1. The van der Waals surface area contributed by atoms with Gasteiger partial charge in [0.2, 0.25) is 11.8 Å². The molecule has 2 fully saturated rings. The van der Waals surface area contributed by atoms with E-state index in [-0.39, 0.29) is 24.3 Å². The Morgan fingerprint density at radius 3 is 2.62 bits per heavy atom. The molecular formula is C21H28N4O3S. The molecule has 156 valence electrons. The largest absolute Gasteiger partial charge is 0.336 e. The van der Waals surface area contributed by atoms with Gasteiger partial charge in [-0.1, -0.05) is 12.8 Å². The van der Waals surface area contributed by atoms with E-state index in [1.807, 2.05) is 9.80 Å². The lowest BCUT2D eigenvalue weighted by Crippen LogP contribution is -2.54. The van der Waals surface area contributed by atoms with Crippen LogP contribution in [-0.2, 0) is 22.6 Å². The Morgan fingerprint density at radius 2 is 1.93 bits per heavy atom. The summed E-state index contributed by atoms with van der Waals surface area (Å²) in [6, 6.07) is 0. The average Bonchev–Trinajstić information content (AvgIpc) is 3.31. The van der Waals surface area contributed by atoms with Crippen molar-refractivity contribution in [2.45, 2.75) is 57.0 Å². The zero-order valence-corrected chi connectivity index (χ0v) is 17.7. The van der Waals surface area contributed by atoms with Crippen LogP contribution in [0, 0.1) is 5.92 Å². The van der Waals surface area contributed by atoms with Crippen LogP contribution in [0.5, 0.6) is 0 Å². The summed E-state index contributed by atoms with van der Waals surface area (Å²) in [6.07, 6.45) is 6.46. The lowest BCUT2D eigenvalue weighted by atomic mass is 9.95. The van der Waals surface area contributed by atoms with Gasteiger partial charge in [-0.05, 0) is 43.6 Å². The number of nitrogens with zero attached hydrogens (tertiary/aromatic N) is 3. The van der Waals surface area contributed by atoms with Crippen LogP contribution in [0.3, 0.4) is 0 Å². The molecule has 0 aromatic carbocycles. The Balaban J connectivity index is 1.48. The number of nitrogens with two attached hydrogens (primary N) is 1. The molecule has 3 amide bonds. The third kappa shape index (κ3) is 3.17. The molecule has 0 spiro atoms. The van der Waals surface area contributed by atoms with E-state index < -0.39 is 5.54 Å². The molecule has 0 bridgehead atoms. The number of rotatable bonds is 3. The first-order valence-electron chi connectivity index (χ1n) is 10.7. The average molecular weight is 417 g/mol. The number of amides is 3. The fraction of sp³-hybridized carbons (Fsp3) is 0.667. The van der Waals surface area contributed by atoms with Crippen LogP contribution < -0.4 is 10.6 Å². The molecule has 3 heterocycles. The van der Waals surface area contributed by atoms with Crippen LogP contribution in [0.2, 0.25) is 0 Å². The monoisotopic (exact) mass is 416 g/mol. The van der Waals surface area contributed by atoms with Gasteiger partial charge in [-0.15, -0.1) is 11.3 Å². The van der Waals surface area contributed by atoms with Gasteiger partial charge in [-0.25, -0.2) is 0 Å². The fourth-order valence-corrected chi connectivity index (χ4v) is 6.30. The van der Waals surface area contributed by atoms with Crippen molar-refractivity contribution in [1.29, 1.82) is 0 Å². The van der Waals surface area contributed by atoms with Gasteiger partial charge >= 0.3 is 0 Å². The lowest BCUT2D eigenvalue weighted by molar-refractivity contribution is -0.137. The molecule has 0 saturated heterocycles. The lowest BCUT2D eigenvalue weighted by Gasteiger charge is -2.34. The summed E-state index contributed by atoms with van der Waals surface area (Å²) in [5.41, 5.74) is 7.40. The van der Waals surface area contributed by atoms with Crippen molar-refractivity contribution in [2.75, 3.05) is 31.6 Å². The van der Waals surface area contributed by atoms with Crippen LogP contribution >= 0.6 is 11.3 Å². The van der Waals surface area contributed by atoms with Gasteiger partial charge in [-0.2, -0.15) is 0 Å². The second-order valence-corrected chi connectivity index (χ2v) is 10.2. The third-order valence-corrected chi connectivity index (χ3v) is 8.10. The molecule has 2 N–H and O–H groups in total. The first-order valence-corrected chi connectivity index (χ1v) is 11.5. The summed E-state index contributed by atoms with van der Waals surface area (Å²) < 4.78 is 0. The highest BCUT2D eigenvalue weighted by molar-refractivity contribution is 7.17. The SMILES string of the molecule is CN1CC(=O)N(CC2CC2)c2sc3c(c2C1=O)CCN(C(=O)C1(N)CCCC1)C3. The molecule has 8 heteroatoms. The van der Waals surface area contributed by atoms with Crippen molar-refractivity contribution in [1.82, 2.24) is 9.80 Å². The Labute approximate surface area is 174 Å². The number of thiophene rings is 1. The Hall–Kier alpha value is -1.93. The maximum atomic E-state index is 13.1. The van der Waals surface area contributed by atoms with Crippen LogP contribution in [0.1, 0.15) is 59.3 Å². The second-order valence-electron chi connectivity index (χ2n) is 9.13. The minimum atomic E-state index is -0.726. The number of carbonyl (C=O) groups excluding carboxylic acids is 3. The first kappa shape index (κ1) is 19.1. The van der Waals surface area contributed by atoms with Gasteiger partial charge in [0, 0.05) is 25.0 Å². The maximum absolute atomic E-state index is 13.1. The van der Waals surface area contributed by atoms with Crippen LogP contribution in [-0.4, -0.2) is 59.7 Å². The van der Waals surface area contributed by atoms with Crippen LogP contribution in [0.15, 0.2) is 0 Å².